The van der Waals surface area contributed by atoms with Crippen LogP contribution < -0.4 is 25.1 Å². The van der Waals surface area contributed by atoms with Crippen LogP contribution in [0.1, 0.15) is 16.8 Å². The fraction of sp³-hybridized carbons (Fsp3) is 0.200. The summed E-state index contributed by atoms with van der Waals surface area (Å²) in [5.74, 6) is 2.32. The third kappa shape index (κ3) is 11.9. The van der Waals surface area contributed by atoms with Gasteiger partial charge in [-0.25, -0.2) is 4.68 Å². The number of hydrogen-bond acceptors (Lipinski definition) is 12. The van der Waals surface area contributed by atoms with Gasteiger partial charge in [0.1, 0.15) is 48.2 Å². The number of hydrogen-bond donors (Lipinski definition) is 0. The molecule has 0 fully saturated rings. The van der Waals surface area contributed by atoms with Crippen LogP contribution in [0.4, 0.5) is 0 Å². The van der Waals surface area contributed by atoms with Gasteiger partial charge in [-0.1, -0.05) is 108 Å². The first kappa shape index (κ1) is 45.3. The second-order valence-corrected chi connectivity index (χ2v) is 16.0. The smallest absolute Gasteiger partial charge is 0.235 e. The van der Waals surface area contributed by atoms with E-state index in [2.05, 4.69) is 27.3 Å². The van der Waals surface area contributed by atoms with Crippen LogP contribution in [0.3, 0.4) is 0 Å². The summed E-state index contributed by atoms with van der Waals surface area (Å²) in [6, 6.07) is 50.9. The molecule has 9 aromatic rings. The van der Waals surface area contributed by atoms with E-state index in [1.165, 1.54) is 11.6 Å². The highest BCUT2D eigenvalue weighted by Crippen LogP contribution is 2.33. The Balaban J connectivity index is 0.702. The van der Waals surface area contributed by atoms with Crippen LogP contribution in [0.2, 0.25) is 0 Å². The monoisotopic (exact) mass is 910 g/mol. The first-order chi connectivity index (χ1) is 33.5. The first-order valence-electron chi connectivity index (χ1n) is 22.6. The summed E-state index contributed by atoms with van der Waals surface area (Å²) >= 11 is 0. The molecule has 0 amide bonds. The summed E-state index contributed by atoms with van der Waals surface area (Å²) in [4.78, 5) is 28.6. The van der Waals surface area contributed by atoms with Crippen molar-refractivity contribution in [1.82, 2.24) is 19.9 Å². The molecular weight excluding hydrogens is 861 g/mol. The fourth-order valence-electron chi connectivity index (χ4n) is 7.64. The molecular formula is C55H50N4O9. The molecule has 3 aromatic heterocycles. The molecule has 0 spiro atoms. The van der Waals surface area contributed by atoms with E-state index in [0.717, 1.165) is 16.8 Å². The van der Waals surface area contributed by atoms with Crippen molar-refractivity contribution in [3.05, 3.63) is 207 Å². The van der Waals surface area contributed by atoms with Gasteiger partial charge in [-0.15, -0.1) is 5.10 Å². The van der Waals surface area contributed by atoms with Crippen LogP contribution >= 0.6 is 0 Å². The molecule has 0 saturated carbocycles. The maximum absolute atomic E-state index is 13.5. The molecule has 0 bridgehead atoms. The molecule has 0 saturated heterocycles. The van der Waals surface area contributed by atoms with Gasteiger partial charge < -0.3 is 32.5 Å². The van der Waals surface area contributed by atoms with Gasteiger partial charge in [-0.3, -0.25) is 14.5 Å². The van der Waals surface area contributed by atoms with Crippen LogP contribution in [-0.4, -0.2) is 66.1 Å². The predicted octanol–water partition coefficient (Wildman–Crippen LogP) is 9.60. The van der Waals surface area contributed by atoms with Crippen molar-refractivity contribution in [2.24, 2.45) is 0 Å². The SMILES string of the molecule is O=c1cc(-c2ccccc2)oc2cc(OCCN(Cc3ccccc3)Cc3cn(CCOCCOCCOc4ccc(-c5oc6ccccc6c(=O)c5OCc5ccccc5)cc4)nn3)ccc12. The Morgan fingerprint density at radius 3 is 2.01 bits per heavy atom. The quantitative estimate of drug-likeness (QED) is 0.0565. The third-order valence-corrected chi connectivity index (χ3v) is 11.1. The average molecular weight is 911 g/mol. The summed E-state index contributed by atoms with van der Waals surface area (Å²) in [6.07, 6.45) is 1.94. The molecule has 0 radical (unpaired) electrons. The van der Waals surface area contributed by atoms with Gasteiger partial charge in [0, 0.05) is 49.1 Å². The number of fused-ring (bicyclic) bond motifs is 2. The normalized spacial score (nSPS) is 11.4. The van der Waals surface area contributed by atoms with E-state index in [-0.39, 0.29) is 23.2 Å². The molecule has 68 heavy (non-hydrogen) atoms. The van der Waals surface area contributed by atoms with E-state index in [1.807, 2.05) is 121 Å². The van der Waals surface area contributed by atoms with Crippen molar-refractivity contribution in [2.75, 3.05) is 46.2 Å². The molecule has 0 N–H and O–H groups in total. The number of para-hydroxylation sites is 1. The van der Waals surface area contributed by atoms with Crippen molar-refractivity contribution in [3.8, 4) is 39.9 Å². The van der Waals surface area contributed by atoms with E-state index >= 15 is 0 Å². The van der Waals surface area contributed by atoms with Crippen LogP contribution in [-0.2, 0) is 35.7 Å². The van der Waals surface area contributed by atoms with Gasteiger partial charge in [0.15, 0.2) is 11.2 Å². The molecule has 0 unspecified atom stereocenters. The lowest BCUT2D eigenvalue weighted by molar-refractivity contribution is 0.0333. The highest BCUT2D eigenvalue weighted by Gasteiger charge is 2.19. The summed E-state index contributed by atoms with van der Waals surface area (Å²) < 4.78 is 43.9. The van der Waals surface area contributed by atoms with E-state index in [4.69, 9.17) is 32.5 Å². The topological polar surface area (TPSA) is 141 Å². The van der Waals surface area contributed by atoms with Crippen LogP contribution in [0.25, 0.3) is 44.6 Å². The van der Waals surface area contributed by atoms with E-state index in [0.29, 0.717) is 116 Å². The van der Waals surface area contributed by atoms with Gasteiger partial charge in [0.2, 0.25) is 11.2 Å². The number of rotatable bonds is 23. The van der Waals surface area contributed by atoms with Crippen molar-refractivity contribution < 1.29 is 32.5 Å². The fourth-order valence-corrected chi connectivity index (χ4v) is 7.64. The van der Waals surface area contributed by atoms with Crippen LogP contribution in [0.15, 0.2) is 188 Å². The van der Waals surface area contributed by atoms with E-state index in [9.17, 15) is 9.59 Å². The zero-order valence-electron chi connectivity index (χ0n) is 37.4. The lowest BCUT2D eigenvalue weighted by atomic mass is 10.1. The number of ether oxygens (including phenoxy) is 5. The molecule has 13 nitrogen and oxygen atoms in total. The molecule has 0 aliphatic carbocycles. The molecule has 6 aromatic carbocycles. The van der Waals surface area contributed by atoms with E-state index in [1.54, 1.807) is 35.0 Å². The second kappa shape index (κ2) is 22.6. The Labute approximate surface area is 392 Å². The van der Waals surface area contributed by atoms with Gasteiger partial charge in [0.25, 0.3) is 0 Å². The van der Waals surface area contributed by atoms with Gasteiger partial charge in [-0.05, 0) is 59.7 Å². The van der Waals surface area contributed by atoms with Crippen molar-refractivity contribution in [3.63, 3.8) is 0 Å². The second-order valence-electron chi connectivity index (χ2n) is 16.0. The minimum Gasteiger partial charge on any atom is -0.492 e. The Kier molecular flexibility index (Phi) is 15.0. The number of aromatic nitrogens is 3. The Bertz CT molecular complexity index is 3140. The van der Waals surface area contributed by atoms with Gasteiger partial charge in [0.05, 0.1) is 49.4 Å². The average Bonchev–Trinajstić information content (AvgIpc) is 3.83. The molecule has 3 heterocycles. The number of nitrogens with zero attached hydrogens (tertiary/aromatic N) is 4. The molecule has 0 atom stereocenters. The van der Waals surface area contributed by atoms with E-state index < -0.39 is 0 Å². The summed E-state index contributed by atoms with van der Waals surface area (Å²) in [7, 11) is 0. The zero-order valence-corrected chi connectivity index (χ0v) is 37.4. The molecule has 0 aliphatic heterocycles. The van der Waals surface area contributed by atoms with Crippen LogP contribution in [0, 0.1) is 0 Å². The van der Waals surface area contributed by atoms with Crippen molar-refractivity contribution in [2.45, 2.75) is 26.2 Å². The molecule has 9 rings (SSSR count). The minimum atomic E-state index is -0.222. The maximum atomic E-state index is 13.5. The lowest BCUT2D eigenvalue weighted by Crippen LogP contribution is -2.28. The predicted molar refractivity (Wildman–Crippen MR) is 260 cm³/mol. The molecule has 0 aliphatic rings. The van der Waals surface area contributed by atoms with Crippen molar-refractivity contribution >= 4 is 21.9 Å². The Hall–Kier alpha value is -7.84. The van der Waals surface area contributed by atoms with Crippen LogP contribution in [0.5, 0.6) is 17.2 Å². The van der Waals surface area contributed by atoms with Crippen molar-refractivity contribution in [1.29, 1.82) is 0 Å². The molecule has 344 valence electrons. The zero-order chi connectivity index (χ0) is 46.3. The Morgan fingerprint density at radius 2 is 1.22 bits per heavy atom. The highest BCUT2D eigenvalue weighted by molar-refractivity contribution is 5.82. The highest BCUT2D eigenvalue weighted by atomic mass is 16.5. The Morgan fingerprint density at radius 1 is 0.544 bits per heavy atom. The minimum absolute atomic E-state index is 0.101. The largest absolute Gasteiger partial charge is 0.492 e. The maximum Gasteiger partial charge on any atom is 0.235 e. The summed E-state index contributed by atoms with van der Waals surface area (Å²) in [5.41, 5.74) is 5.12. The number of benzene rings is 6. The standard InChI is InChI=1S/C55H50N4O9/c60-49-35-51(42-16-8-3-9-17-42)67-52-34-46(24-25-47(49)52)64-29-26-58(36-40-12-4-1-5-13-40)37-44-38-59(57-56-44)27-28-62-30-31-63-32-33-65-45-22-20-43(21-23-45)54-55(66-39-41-14-6-2-7-15-41)53(61)48-18-10-11-19-50(48)68-54/h1-25,34-35,38H,26-33,36-37,39H2. The third-order valence-electron chi connectivity index (χ3n) is 11.1. The first-order valence-corrected chi connectivity index (χ1v) is 22.6. The summed E-state index contributed by atoms with van der Waals surface area (Å²) in [5, 5.41) is 9.75. The summed E-state index contributed by atoms with van der Waals surface area (Å²) in [6.45, 7) is 5.09. The van der Waals surface area contributed by atoms with Gasteiger partial charge >= 0.3 is 0 Å². The van der Waals surface area contributed by atoms with Gasteiger partial charge in [-0.2, -0.15) is 0 Å². The lowest BCUT2D eigenvalue weighted by Gasteiger charge is -2.21. The molecule has 13 heteroatoms.